The van der Waals surface area contributed by atoms with Gasteiger partial charge in [-0.25, -0.2) is 0 Å². The van der Waals surface area contributed by atoms with Crippen molar-refractivity contribution in [1.82, 2.24) is 0 Å². The fraction of sp³-hybridized carbons (Fsp3) is 0.176. The molecule has 0 aromatic heterocycles. The third-order valence-electron chi connectivity index (χ3n) is 8.03. The number of rotatable bonds is 6. The summed E-state index contributed by atoms with van der Waals surface area (Å²) in [6, 6.07) is 38.2. The van der Waals surface area contributed by atoms with E-state index in [4.69, 9.17) is 0 Å². The summed E-state index contributed by atoms with van der Waals surface area (Å²) in [5, 5.41) is 0. The van der Waals surface area contributed by atoms with Gasteiger partial charge < -0.3 is 0 Å². The van der Waals surface area contributed by atoms with Gasteiger partial charge in [-0.15, -0.1) is 0 Å². The number of hydrogen-bond donors (Lipinski definition) is 0. The average molecular weight is 485 g/mol. The van der Waals surface area contributed by atoms with Crippen LogP contribution in [0.3, 0.4) is 0 Å². The van der Waals surface area contributed by atoms with Gasteiger partial charge in [-0.1, -0.05) is 132 Å². The van der Waals surface area contributed by atoms with Crippen LogP contribution in [0.4, 0.5) is 0 Å². The van der Waals surface area contributed by atoms with E-state index in [-0.39, 0.29) is 47.2 Å². The summed E-state index contributed by atoms with van der Waals surface area (Å²) < 4.78 is 0. The van der Waals surface area contributed by atoms with Crippen molar-refractivity contribution in [3.05, 3.63) is 130 Å². The standard InChI is InChI=1S/C34H32Si.2Li.2H/c1-23-19-31-27(25-11-5-3-6-12-25)15-9-17-29(31)33(23)21-35-22-34-24(2)20-32-28(16-10-18-30(32)34)26-13-7-4-8-14-26;;;;/h3-20,33-34H,21-22,35H2,1-2H3;;;;. The van der Waals surface area contributed by atoms with Gasteiger partial charge in [0.05, 0.1) is 0 Å². The molecule has 0 amide bonds. The van der Waals surface area contributed by atoms with Crippen LogP contribution in [0, 0.1) is 0 Å². The van der Waals surface area contributed by atoms with E-state index >= 15 is 0 Å². The molecule has 2 atom stereocenters. The first-order chi connectivity index (χ1) is 17.2. The number of hydrogen-bond acceptors (Lipinski definition) is 0. The molecule has 4 aromatic rings. The molecule has 2 aliphatic rings. The second kappa shape index (κ2) is 12.1. The van der Waals surface area contributed by atoms with Gasteiger partial charge in [0.25, 0.3) is 0 Å². The quantitative estimate of drug-likeness (QED) is 0.250. The summed E-state index contributed by atoms with van der Waals surface area (Å²) in [4.78, 5) is 0. The molecule has 0 aliphatic heterocycles. The van der Waals surface area contributed by atoms with E-state index in [1.54, 1.807) is 22.3 Å². The fourth-order valence-electron chi connectivity index (χ4n) is 6.27. The van der Waals surface area contributed by atoms with Gasteiger partial charge in [0, 0.05) is 21.4 Å². The first kappa shape index (κ1) is 27.8. The Morgan fingerprint density at radius 1 is 0.514 bits per heavy atom. The molecule has 0 nitrogen and oxygen atoms in total. The second-order valence-corrected chi connectivity index (χ2v) is 12.0. The Kier molecular flexibility index (Phi) is 9.08. The molecule has 0 radical (unpaired) electrons. The van der Waals surface area contributed by atoms with Crippen molar-refractivity contribution in [3.63, 3.8) is 0 Å². The Balaban J connectivity index is 0.00000160. The van der Waals surface area contributed by atoms with Crippen molar-refractivity contribution in [2.24, 2.45) is 0 Å². The van der Waals surface area contributed by atoms with Crippen LogP contribution in [0.1, 0.15) is 47.9 Å². The molecule has 6 rings (SSSR count). The van der Waals surface area contributed by atoms with E-state index in [1.165, 1.54) is 45.5 Å². The normalized spacial score (nSPS) is 17.5. The van der Waals surface area contributed by atoms with E-state index in [2.05, 4.69) is 123 Å². The molecule has 2 aliphatic carbocycles. The molecular formula is C34H34Li2Si. The minimum absolute atomic E-state index is 0. The molecule has 176 valence electrons. The van der Waals surface area contributed by atoms with Crippen LogP contribution in [0.2, 0.25) is 12.1 Å². The van der Waals surface area contributed by atoms with E-state index in [0.717, 1.165) is 0 Å². The Labute approximate surface area is 248 Å². The van der Waals surface area contributed by atoms with Gasteiger partial charge >= 0.3 is 37.7 Å². The first-order valence-electron chi connectivity index (χ1n) is 12.9. The van der Waals surface area contributed by atoms with Crippen LogP contribution in [0.25, 0.3) is 34.4 Å². The molecule has 0 saturated heterocycles. The average Bonchev–Trinajstić information content (AvgIpc) is 3.40. The van der Waals surface area contributed by atoms with Crippen molar-refractivity contribution in [2.45, 2.75) is 37.8 Å². The summed E-state index contributed by atoms with van der Waals surface area (Å²) in [5.74, 6) is 1.20. The van der Waals surface area contributed by atoms with Crippen LogP contribution in [-0.4, -0.2) is 47.2 Å². The minimum atomic E-state index is -0.222. The maximum absolute atomic E-state index is 2.46. The fourth-order valence-corrected chi connectivity index (χ4v) is 8.86. The molecule has 0 saturated carbocycles. The Hall–Kier alpha value is -2.23. The molecule has 0 bridgehead atoms. The summed E-state index contributed by atoms with van der Waals surface area (Å²) in [6.07, 6.45) is 4.91. The molecule has 2 unspecified atom stereocenters. The molecule has 37 heavy (non-hydrogen) atoms. The number of allylic oxidation sites excluding steroid dienone is 2. The zero-order chi connectivity index (χ0) is 23.8. The topological polar surface area (TPSA) is 0 Å². The molecular weight excluding hydrogens is 450 g/mol. The van der Waals surface area contributed by atoms with Gasteiger partial charge in [-0.2, -0.15) is 0 Å². The Bertz CT molecular complexity index is 1330. The van der Waals surface area contributed by atoms with Crippen LogP contribution in [0.5, 0.6) is 0 Å². The van der Waals surface area contributed by atoms with Crippen molar-refractivity contribution >= 4 is 59.4 Å². The van der Waals surface area contributed by atoms with E-state index in [1.807, 2.05) is 0 Å². The van der Waals surface area contributed by atoms with Crippen molar-refractivity contribution in [2.75, 3.05) is 0 Å². The summed E-state index contributed by atoms with van der Waals surface area (Å²) in [6.45, 7) is 4.69. The predicted molar refractivity (Wildman–Crippen MR) is 169 cm³/mol. The van der Waals surface area contributed by atoms with Gasteiger partial charge in [-0.05, 0) is 58.4 Å². The summed E-state index contributed by atoms with van der Waals surface area (Å²) >= 11 is 0. The zero-order valence-corrected chi connectivity index (χ0v) is 22.1. The third kappa shape index (κ3) is 5.36. The van der Waals surface area contributed by atoms with Crippen LogP contribution < -0.4 is 0 Å². The SMILES string of the molecule is CC1=Cc2c(-c3ccccc3)cccc2C1C[SiH2]CC1C(C)=Cc2c(-c3ccccc3)cccc21.[LiH].[LiH]. The van der Waals surface area contributed by atoms with Crippen molar-refractivity contribution < 1.29 is 0 Å². The van der Waals surface area contributed by atoms with Crippen molar-refractivity contribution in [1.29, 1.82) is 0 Å². The monoisotopic (exact) mass is 484 g/mol. The Morgan fingerprint density at radius 2 is 0.919 bits per heavy atom. The van der Waals surface area contributed by atoms with E-state index in [0.29, 0.717) is 11.8 Å². The van der Waals surface area contributed by atoms with E-state index in [9.17, 15) is 0 Å². The van der Waals surface area contributed by atoms with E-state index < -0.39 is 0 Å². The van der Waals surface area contributed by atoms with Gasteiger partial charge in [-0.3, -0.25) is 0 Å². The van der Waals surface area contributed by atoms with Crippen LogP contribution in [0.15, 0.2) is 108 Å². The van der Waals surface area contributed by atoms with Gasteiger partial charge in [0.1, 0.15) is 0 Å². The molecule has 0 fully saturated rings. The molecule has 0 heterocycles. The van der Waals surface area contributed by atoms with Crippen LogP contribution >= 0.6 is 0 Å². The van der Waals surface area contributed by atoms with Crippen LogP contribution in [-0.2, 0) is 0 Å². The van der Waals surface area contributed by atoms with Gasteiger partial charge in [0.15, 0.2) is 0 Å². The molecule has 3 heteroatoms. The van der Waals surface area contributed by atoms with Gasteiger partial charge in [0.2, 0.25) is 0 Å². The summed E-state index contributed by atoms with van der Waals surface area (Å²) in [5.41, 5.74) is 14.5. The first-order valence-corrected chi connectivity index (χ1v) is 14.9. The molecule has 0 spiro atoms. The zero-order valence-electron chi connectivity index (χ0n) is 20.7. The molecule has 0 N–H and O–H groups in total. The second-order valence-electron chi connectivity index (χ2n) is 10.2. The molecule has 4 aromatic carbocycles. The van der Waals surface area contributed by atoms with Crippen molar-refractivity contribution in [3.8, 4) is 22.3 Å². The summed E-state index contributed by atoms with van der Waals surface area (Å²) in [7, 11) is -0.222. The maximum atomic E-state index is 2.46. The number of fused-ring (bicyclic) bond motifs is 2. The third-order valence-corrected chi connectivity index (χ3v) is 10.0. The number of benzene rings is 4. The predicted octanol–water partition coefficient (Wildman–Crippen LogP) is 7.43. The Morgan fingerprint density at radius 3 is 1.32 bits per heavy atom.